The van der Waals surface area contributed by atoms with Gasteiger partial charge in [0.15, 0.2) is 0 Å². The van der Waals surface area contributed by atoms with Gasteiger partial charge >= 0.3 is 0 Å². The maximum Gasteiger partial charge on any atom is 0.260 e. The normalized spacial score (nSPS) is 11.2. The van der Waals surface area contributed by atoms with Crippen molar-refractivity contribution in [2.24, 2.45) is 0 Å². The van der Waals surface area contributed by atoms with Gasteiger partial charge in [0.1, 0.15) is 10.8 Å². The average Bonchev–Trinajstić information content (AvgIpc) is 3.26. The van der Waals surface area contributed by atoms with Gasteiger partial charge in [-0.15, -0.1) is 11.8 Å². The first-order valence-electron chi connectivity index (χ1n) is 9.84. The van der Waals surface area contributed by atoms with E-state index in [-0.39, 0.29) is 5.91 Å². The molecule has 0 spiro atoms. The molecule has 1 aromatic carbocycles. The highest BCUT2D eigenvalue weighted by molar-refractivity contribution is 7.98. The maximum absolute atomic E-state index is 13.1. The maximum atomic E-state index is 13.1. The number of amides is 1. The number of hydrogen-bond donors (Lipinski definition) is 1. The van der Waals surface area contributed by atoms with Gasteiger partial charge in [0.2, 0.25) is 5.95 Å². The molecule has 0 aliphatic carbocycles. The van der Waals surface area contributed by atoms with E-state index in [9.17, 15) is 4.79 Å². The van der Waals surface area contributed by atoms with Crippen molar-refractivity contribution in [3.05, 3.63) is 65.2 Å². The molecular weight excluding hydrogens is 398 g/mol. The van der Waals surface area contributed by atoms with Gasteiger partial charge in [0, 0.05) is 24.1 Å². The highest BCUT2D eigenvalue weighted by Gasteiger charge is 2.18. The Balaban J connectivity index is 1.59. The van der Waals surface area contributed by atoms with E-state index in [4.69, 9.17) is 4.52 Å². The SMILES string of the molecule is CCCn1c(NC(=O)c2cccnc2SCc2c(C)noc2C)nc2ccccc21. The van der Waals surface area contributed by atoms with Crippen LogP contribution in [0.5, 0.6) is 0 Å². The smallest absolute Gasteiger partial charge is 0.260 e. The molecule has 30 heavy (non-hydrogen) atoms. The number of aryl methyl sites for hydroxylation is 3. The zero-order valence-electron chi connectivity index (χ0n) is 17.2. The monoisotopic (exact) mass is 421 g/mol. The molecule has 0 bridgehead atoms. The van der Waals surface area contributed by atoms with Gasteiger partial charge in [-0.25, -0.2) is 9.97 Å². The van der Waals surface area contributed by atoms with E-state index in [0.29, 0.717) is 22.3 Å². The van der Waals surface area contributed by atoms with Crippen LogP contribution < -0.4 is 5.32 Å². The lowest BCUT2D eigenvalue weighted by Gasteiger charge is -2.11. The number of imidazole rings is 1. The lowest BCUT2D eigenvalue weighted by molar-refractivity contribution is 0.102. The molecule has 0 radical (unpaired) electrons. The summed E-state index contributed by atoms with van der Waals surface area (Å²) < 4.78 is 7.27. The summed E-state index contributed by atoms with van der Waals surface area (Å²) in [5, 5.41) is 7.64. The van der Waals surface area contributed by atoms with Gasteiger partial charge in [0.25, 0.3) is 5.91 Å². The molecule has 1 amide bonds. The van der Waals surface area contributed by atoms with Crippen LogP contribution in [0.15, 0.2) is 52.1 Å². The van der Waals surface area contributed by atoms with E-state index in [2.05, 4.69) is 27.4 Å². The Bertz CT molecular complexity index is 1180. The number of pyridine rings is 1. The van der Waals surface area contributed by atoms with E-state index >= 15 is 0 Å². The molecule has 0 saturated carbocycles. The lowest BCUT2D eigenvalue weighted by Crippen LogP contribution is -2.17. The third-order valence-electron chi connectivity index (χ3n) is 4.88. The van der Waals surface area contributed by atoms with Crippen LogP contribution in [0.3, 0.4) is 0 Å². The minimum atomic E-state index is -0.225. The zero-order valence-corrected chi connectivity index (χ0v) is 18.0. The van der Waals surface area contributed by atoms with Crippen molar-refractivity contribution in [1.82, 2.24) is 19.7 Å². The number of nitrogens with one attached hydrogen (secondary N) is 1. The molecule has 0 aliphatic rings. The standard InChI is InChI=1S/C22H23N5O2S/c1-4-12-27-19-10-6-5-9-18(19)24-22(27)25-20(28)16-8-7-11-23-21(16)30-13-17-14(2)26-29-15(17)3/h5-11H,4,12-13H2,1-3H3,(H,24,25,28). The predicted molar refractivity (Wildman–Crippen MR) is 118 cm³/mol. The largest absolute Gasteiger partial charge is 0.361 e. The number of carbonyl (C=O) groups is 1. The topological polar surface area (TPSA) is 85.8 Å². The highest BCUT2D eigenvalue weighted by Crippen LogP contribution is 2.28. The fourth-order valence-corrected chi connectivity index (χ4v) is 4.46. The van der Waals surface area contributed by atoms with Gasteiger partial charge in [-0.2, -0.15) is 0 Å². The second kappa shape index (κ2) is 8.71. The van der Waals surface area contributed by atoms with Crippen LogP contribution in [0.4, 0.5) is 5.95 Å². The number of anilines is 1. The Kier molecular flexibility index (Phi) is 5.85. The van der Waals surface area contributed by atoms with Crippen molar-refractivity contribution in [2.45, 2.75) is 44.5 Å². The Morgan fingerprint density at radius 1 is 1.20 bits per heavy atom. The third kappa shape index (κ3) is 3.95. The van der Waals surface area contributed by atoms with Crippen LogP contribution in [-0.2, 0) is 12.3 Å². The van der Waals surface area contributed by atoms with Crippen LogP contribution in [0.1, 0.15) is 40.7 Å². The van der Waals surface area contributed by atoms with Gasteiger partial charge in [-0.05, 0) is 44.5 Å². The summed E-state index contributed by atoms with van der Waals surface area (Å²) in [5.41, 5.74) is 4.27. The first-order valence-corrected chi connectivity index (χ1v) is 10.8. The quantitative estimate of drug-likeness (QED) is 0.423. The summed E-state index contributed by atoms with van der Waals surface area (Å²) in [6.45, 7) is 6.68. The predicted octanol–water partition coefficient (Wildman–Crippen LogP) is 4.99. The molecule has 1 N–H and O–H groups in total. The Morgan fingerprint density at radius 3 is 2.80 bits per heavy atom. The first kappa shape index (κ1) is 20.2. The average molecular weight is 422 g/mol. The van der Waals surface area contributed by atoms with E-state index in [0.717, 1.165) is 41.0 Å². The van der Waals surface area contributed by atoms with Gasteiger partial charge in [-0.3, -0.25) is 10.1 Å². The summed E-state index contributed by atoms with van der Waals surface area (Å²) in [6, 6.07) is 11.4. The number of benzene rings is 1. The number of aromatic nitrogens is 4. The fraction of sp³-hybridized carbons (Fsp3) is 0.273. The molecule has 3 aromatic heterocycles. The first-order chi connectivity index (χ1) is 14.6. The Hall–Kier alpha value is -3.13. The molecular formula is C22H23N5O2S. The molecule has 0 atom stereocenters. The fourth-order valence-electron chi connectivity index (χ4n) is 3.32. The summed E-state index contributed by atoms with van der Waals surface area (Å²) in [6.07, 6.45) is 2.63. The number of carbonyl (C=O) groups excluding carboxylic acids is 1. The van der Waals surface area contributed by atoms with Crippen LogP contribution in [0.2, 0.25) is 0 Å². The van der Waals surface area contributed by atoms with Crippen molar-refractivity contribution in [1.29, 1.82) is 0 Å². The second-order valence-corrected chi connectivity index (χ2v) is 7.94. The number of nitrogens with zero attached hydrogens (tertiary/aromatic N) is 4. The molecule has 0 fully saturated rings. The van der Waals surface area contributed by atoms with Crippen molar-refractivity contribution in [2.75, 3.05) is 5.32 Å². The minimum Gasteiger partial charge on any atom is -0.361 e. The number of hydrogen-bond acceptors (Lipinski definition) is 6. The van der Waals surface area contributed by atoms with Gasteiger partial charge in [-0.1, -0.05) is 24.2 Å². The molecule has 8 heteroatoms. The van der Waals surface area contributed by atoms with Crippen LogP contribution in [0.25, 0.3) is 11.0 Å². The van der Waals surface area contributed by atoms with Crippen LogP contribution in [0, 0.1) is 13.8 Å². The summed E-state index contributed by atoms with van der Waals surface area (Å²) in [7, 11) is 0. The van der Waals surface area contributed by atoms with Gasteiger partial charge < -0.3 is 9.09 Å². The lowest BCUT2D eigenvalue weighted by atomic mass is 10.2. The zero-order chi connectivity index (χ0) is 21.1. The molecule has 3 heterocycles. The molecule has 0 aliphatic heterocycles. The van der Waals surface area contributed by atoms with Crippen LogP contribution in [-0.4, -0.2) is 25.6 Å². The third-order valence-corrected chi connectivity index (χ3v) is 5.91. The van der Waals surface area contributed by atoms with Crippen molar-refractivity contribution >= 4 is 34.7 Å². The minimum absolute atomic E-state index is 0.225. The van der Waals surface area contributed by atoms with E-state index < -0.39 is 0 Å². The number of thioether (sulfide) groups is 1. The van der Waals surface area contributed by atoms with Crippen molar-refractivity contribution in [3.8, 4) is 0 Å². The number of rotatable bonds is 7. The molecule has 7 nitrogen and oxygen atoms in total. The summed E-state index contributed by atoms with van der Waals surface area (Å²) in [4.78, 5) is 22.2. The second-order valence-electron chi connectivity index (χ2n) is 6.98. The number of fused-ring (bicyclic) bond motifs is 1. The van der Waals surface area contributed by atoms with E-state index in [1.54, 1.807) is 18.3 Å². The molecule has 0 unspecified atom stereocenters. The van der Waals surface area contributed by atoms with E-state index in [1.807, 2.05) is 42.7 Å². The molecule has 4 rings (SSSR count). The molecule has 4 aromatic rings. The van der Waals surface area contributed by atoms with Crippen molar-refractivity contribution in [3.63, 3.8) is 0 Å². The van der Waals surface area contributed by atoms with Crippen molar-refractivity contribution < 1.29 is 9.32 Å². The Labute approximate surface area is 178 Å². The van der Waals surface area contributed by atoms with E-state index in [1.165, 1.54) is 11.8 Å². The number of para-hydroxylation sites is 2. The highest BCUT2D eigenvalue weighted by atomic mass is 32.2. The summed E-state index contributed by atoms with van der Waals surface area (Å²) >= 11 is 1.49. The van der Waals surface area contributed by atoms with Crippen LogP contribution >= 0.6 is 11.8 Å². The molecule has 154 valence electrons. The van der Waals surface area contributed by atoms with Gasteiger partial charge in [0.05, 0.1) is 22.3 Å². The Morgan fingerprint density at radius 2 is 2.03 bits per heavy atom. The summed E-state index contributed by atoms with van der Waals surface area (Å²) in [5.74, 6) is 1.74. The molecule has 0 saturated heterocycles.